The van der Waals surface area contributed by atoms with Gasteiger partial charge in [-0.3, -0.25) is 4.79 Å². The molecule has 0 fully saturated rings. The summed E-state index contributed by atoms with van der Waals surface area (Å²) in [4.78, 5) is 23.0. The van der Waals surface area contributed by atoms with E-state index in [1.807, 2.05) is 25.1 Å². The Labute approximate surface area is 122 Å². The highest BCUT2D eigenvalue weighted by molar-refractivity contribution is 5.94. The fraction of sp³-hybridized carbons (Fsp3) is 0.125. The maximum atomic E-state index is 11.6. The first-order valence-corrected chi connectivity index (χ1v) is 6.38. The molecular formula is C16H15NO4. The van der Waals surface area contributed by atoms with Crippen molar-refractivity contribution in [1.82, 2.24) is 0 Å². The summed E-state index contributed by atoms with van der Waals surface area (Å²) in [6, 6.07) is 10.8. The number of hydrogen-bond donors (Lipinski definition) is 1. The van der Waals surface area contributed by atoms with E-state index in [1.165, 1.54) is 18.4 Å². The maximum Gasteiger partial charge on any atom is 0.331 e. The van der Waals surface area contributed by atoms with E-state index >= 15 is 0 Å². The third-order valence-electron chi connectivity index (χ3n) is 2.57. The first-order chi connectivity index (χ1) is 10.1. The van der Waals surface area contributed by atoms with E-state index in [0.29, 0.717) is 11.4 Å². The molecule has 0 radical (unpaired) electrons. The molecule has 1 N–H and O–H groups in total. The van der Waals surface area contributed by atoms with Crippen molar-refractivity contribution in [2.45, 2.75) is 6.92 Å². The molecule has 0 aliphatic carbocycles. The van der Waals surface area contributed by atoms with E-state index in [1.54, 1.807) is 18.2 Å². The lowest BCUT2D eigenvalue weighted by atomic mass is 10.2. The number of rotatable bonds is 5. The van der Waals surface area contributed by atoms with E-state index < -0.39 is 5.97 Å². The Hall–Kier alpha value is -2.82. The molecule has 5 nitrogen and oxygen atoms in total. The number of carbonyl (C=O) groups excluding carboxylic acids is 2. The minimum absolute atomic E-state index is 0.338. The summed E-state index contributed by atoms with van der Waals surface area (Å²) < 4.78 is 9.85. The van der Waals surface area contributed by atoms with Gasteiger partial charge < -0.3 is 14.5 Å². The third-order valence-corrected chi connectivity index (χ3v) is 2.57. The molecule has 0 unspecified atom stereocenters. The van der Waals surface area contributed by atoms with Crippen molar-refractivity contribution >= 4 is 23.6 Å². The number of ether oxygens (including phenoxy) is 1. The van der Waals surface area contributed by atoms with Crippen molar-refractivity contribution in [2.24, 2.45) is 0 Å². The number of aryl methyl sites for hydroxylation is 1. The smallest absolute Gasteiger partial charge is 0.331 e. The van der Waals surface area contributed by atoms with Gasteiger partial charge in [0.05, 0.1) is 6.26 Å². The Morgan fingerprint density at radius 2 is 2.14 bits per heavy atom. The average Bonchev–Trinajstić information content (AvgIpc) is 2.96. The molecule has 0 aliphatic rings. The minimum Gasteiger partial charge on any atom is -0.465 e. The lowest BCUT2D eigenvalue weighted by Crippen LogP contribution is -2.20. The van der Waals surface area contributed by atoms with Gasteiger partial charge in [0, 0.05) is 11.8 Å². The second-order valence-electron chi connectivity index (χ2n) is 4.37. The number of amides is 1. The number of esters is 1. The molecule has 0 spiro atoms. The van der Waals surface area contributed by atoms with E-state index in [4.69, 9.17) is 9.15 Å². The van der Waals surface area contributed by atoms with Crippen LogP contribution in [-0.4, -0.2) is 18.5 Å². The van der Waals surface area contributed by atoms with Crippen LogP contribution in [0.1, 0.15) is 11.3 Å². The molecular weight excluding hydrogens is 270 g/mol. The molecule has 0 atom stereocenters. The summed E-state index contributed by atoms with van der Waals surface area (Å²) in [7, 11) is 0. The van der Waals surface area contributed by atoms with Crippen LogP contribution >= 0.6 is 0 Å². The van der Waals surface area contributed by atoms with E-state index in [0.717, 1.165) is 5.56 Å². The van der Waals surface area contributed by atoms with Gasteiger partial charge in [-0.25, -0.2) is 4.79 Å². The summed E-state index contributed by atoms with van der Waals surface area (Å²) in [6.45, 7) is 1.59. The van der Waals surface area contributed by atoms with Crippen LogP contribution in [0, 0.1) is 6.92 Å². The first-order valence-electron chi connectivity index (χ1n) is 6.38. The summed E-state index contributed by atoms with van der Waals surface area (Å²) in [5, 5.41) is 2.65. The zero-order chi connectivity index (χ0) is 15.1. The third kappa shape index (κ3) is 4.99. The summed E-state index contributed by atoms with van der Waals surface area (Å²) in [5.74, 6) is -0.456. The summed E-state index contributed by atoms with van der Waals surface area (Å²) >= 11 is 0. The highest BCUT2D eigenvalue weighted by Crippen LogP contribution is 2.09. The maximum absolute atomic E-state index is 11.6. The molecule has 0 saturated heterocycles. The lowest BCUT2D eigenvalue weighted by molar-refractivity contribution is -0.142. The van der Waals surface area contributed by atoms with Gasteiger partial charge in [0.2, 0.25) is 0 Å². The first kappa shape index (κ1) is 14.6. The quantitative estimate of drug-likeness (QED) is 0.677. The number of carbonyl (C=O) groups is 2. The van der Waals surface area contributed by atoms with Gasteiger partial charge in [-0.05, 0) is 42.8 Å². The van der Waals surface area contributed by atoms with Gasteiger partial charge in [-0.1, -0.05) is 12.1 Å². The molecule has 5 heteroatoms. The SMILES string of the molecule is Cc1cccc(NC(=O)COC(=O)C=Cc2ccco2)c1. The van der Waals surface area contributed by atoms with Crippen molar-refractivity contribution in [3.63, 3.8) is 0 Å². The van der Waals surface area contributed by atoms with E-state index in [2.05, 4.69) is 5.32 Å². The number of hydrogen-bond acceptors (Lipinski definition) is 4. The number of anilines is 1. The van der Waals surface area contributed by atoms with E-state index in [9.17, 15) is 9.59 Å². The van der Waals surface area contributed by atoms with Crippen LogP contribution in [0.2, 0.25) is 0 Å². The predicted molar refractivity (Wildman–Crippen MR) is 78.5 cm³/mol. The zero-order valence-electron chi connectivity index (χ0n) is 11.5. The van der Waals surface area contributed by atoms with Crippen molar-refractivity contribution in [2.75, 3.05) is 11.9 Å². The Balaban J connectivity index is 1.77. The van der Waals surface area contributed by atoms with Crippen LogP contribution in [0.5, 0.6) is 0 Å². The standard InChI is InChI=1S/C16H15NO4/c1-12-4-2-5-13(10-12)17-15(18)11-21-16(19)8-7-14-6-3-9-20-14/h2-10H,11H2,1H3,(H,17,18). The normalized spacial score (nSPS) is 10.5. The molecule has 0 aliphatic heterocycles. The highest BCUT2D eigenvalue weighted by atomic mass is 16.5. The van der Waals surface area contributed by atoms with Crippen molar-refractivity contribution in [1.29, 1.82) is 0 Å². The van der Waals surface area contributed by atoms with Gasteiger partial charge in [0.15, 0.2) is 6.61 Å². The molecule has 1 aromatic heterocycles. The molecule has 2 rings (SSSR count). The van der Waals surface area contributed by atoms with Gasteiger partial charge >= 0.3 is 5.97 Å². The van der Waals surface area contributed by atoms with Crippen molar-refractivity contribution in [3.05, 3.63) is 60.1 Å². The number of nitrogens with one attached hydrogen (secondary N) is 1. The summed E-state index contributed by atoms with van der Waals surface area (Å²) in [6.07, 6.45) is 4.18. The van der Waals surface area contributed by atoms with Crippen LogP contribution in [0.15, 0.2) is 53.2 Å². The molecule has 0 saturated carbocycles. The molecule has 1 aromatic carbocycles. The Morgan fingerprint density at radius 3 is 2.86 bits per heavy atom. The van der Waals surface area contributed by atoms with Crippen LogP contribution in [0.4, 0.5) is 5.69 Å². The van der Waals surface area contributed by atoms with E-state index in [-0.39, 0.29) is 12.5 Å². The predicted octanol–water partition coefficient (Wildman–Crippen LogP) is 2.78. The van der Waals surface area contributed by atoms with Gasteiger partial charge in [0.25, 0.3) is 5.91 Å². The molecule has 108 valence electrons. The topological polar surface area (TPSA) is 68.5 Å². The van der Waals surface area contributed by atoms with Crippen LogP contribution in [-0.2, 0) is 14.3 Å². The number of furan rings is 1. The van der Waals surface area contributed by atoms with Crippen molar-refractivity contribution in [3.8, 4) is 0 Å². The fourth-order valence-corrected chi connectivity index (χ4v) is 1.64. The van der Waals surface area contributed by atoms with Gasteiger partial charge in [0.1, 0.15) is 5.76 Å². The largest absolute Gasteiger partial charge is 0.465 e. The van der Waals surface area contributed by atoms with Gasteiger partial charge in [-0.2, -0.15) is 0 Å². The van der Waals surface area contributed by atoms with Crippen molar-refractivity contribution < 1.29 is 18.7 Å². The molecule has 2 aromatic rings. The highest BCUT2D eigenvalue weighted by Gasteiger charge is 2.05. The lowest BCUT2D eigenvalue weighted by Gasteiger charge is -2.05. The average molecular weight is 285 g/mol. The second kappa shape index (κ2) is 7.09. The molecule has 0 bridgehead atoms. The summed E-state index contributed by atoms with van der Waals surface area (Å²) in [5.41, 5.74) is 1.70. The minimum atomic E-state index is -0.606. The zero-order valence-corrected chi connectivity index (χ0v) is 11.5. The molecule has 1 amide bonds. The Bertz CT molecular complexity index is 644. The van der Waals surface area contributed by atoms with Crippen LogP contribution in [0.25, 0.3) is 6.08 Å². The Kier molecular flexibility index (Phi) is 4.93. The molecule has 1 heterocycles. The van der Waals surface area contributed by atoms with Gasteiger partial charge in [-0.15, -0.1) is 0 Å². The monoisotopic (exact) mass is 285 g/mol. The molecule has 21 heavy (non-hydrogen) atoms. The fourth-order valence-electron chi connectivity index (χ4n) is 1.64. The van der Waals surface area contributed by atoms with Crippen LogP contribution < -0.4 is 5.32 Å². The number of benzene rings is 1. The Morgan fingerprint density at radius 1 is 1.29 bits per heavy atom. The van der Waals surface area contributed by atoms with Crippen LogP contribution in [0.3, 0.4) is 0 Å². The second-order valence-corrected chi connectivity index (χ2v) is 4.37.